The number of nitrogen functional groups attached to an aromatic ring is 1. The minimum Gasteiger partial charge on any atom is -0.384 e. The molecule has 0 saturated carbocycles. The number of nitrogens with zero attached hydrogens (tertiary/aromatic N) is 1. The molecule has 0 radical (unpaired) electrons. The SMILES string of the molecule is N=C(N)c1ccc(CNC(=O)[C@@H]2CCCN2C(=O)[C@@H](Cc2ccccc2)NS(=O)(=O)Cc2ccccc2)cc1. The third kappa shape index (κ3) is 7.75. The maximum absolute atomic E-state index is 13.8. The van der Waals surface area contributed by atoms with Gasteiger partial charge in [-0.3, -0.25) is 15.0 Å². The van der Waals surface area contributed by atoms with Crippen molar-refractivity contribution in [1.29, 1.82) is 5.41 Å². The molecule has 204 valence electrons. The third-order valence-electron chi connectivity index (χ3n) is 6.67. The molecule has 1 aliphatic rings. The van der Waals surface area contributed by atoms with Gasteiger partial charge < -0.3 is 16.0 Å². The number of likely N-dealkylation sites (tertiary alicyclic amines) is 1. The van der Waals surface area contributed by atoms with E-state index in [-0.39, 0.29) is 30.5 Å². The maximum atomic E-state index is 13.8. The van der Waals surface area contributed by atoms with Gasteiger partial charge in [-0.25, -0.2) is 13.1 Å². The molecule has 0 bridgehead atoms. The molecule has 4 rings (SSSR count). The Morgan fingerprint density at radius 1 is 0.923 bits per heavy atom. The lowest BCUT2D eigenvalue weighted by Crippen LogP contribution is -2.54. The summed E-state index contributed by atoms with van der Waals surface area (Å²) >= 11 is 0. The minimum atomic E-state index is -3.84. The number of sulfonamides is 1. The molecule has 3 aromatic carbocycles. The molecule has 2 amide bonds. The molecule has 2 atom stereocenters. The van der Waals surface area contributed by atoms with Gasteiger partial charge >= 0.3 is 0 Å². The molecule has 0 spiro atoms. The Labute approximate surface area is 229 Å². The largest absolute Gasteiger partial charge is 0.384 e. The van der Waals surface area contributed by atoms with Crippen molar-refractivity contribution in [3.05, 3.63) is 107 Å². The lowest BCUT2D eigenvalue weighted by molar-refractivity contribution is -0.139. The number of amidine groups is 1. The van der Waals surface area contributed by atoms with Crippen LogP contribution in [0.5, 0.6) is 0 Å². The van der Waals surface area contributed by atoms with Gasteiger partial charge in [0.15, 0.2) is 0 Å². The quantitative estimate of drug-likeness (QED) is 0.215. The predicted octanol–water partition coefficient (Wildman–Crippen LogP) is 2.31. The fourth-order valence-electron chi connectivity index (χ4n) is 4.69. The summed E-state index contributed by atoms with van der Waals surface area (Å²) in [6, 6.07) is 23.3. The molecule has 1 saturated heterocycles. The first-order chi connectivity index (χ1) is 18.7. The molecule has 0 aliphatic carbocycles. The molecule has 1 heterocycles. The number of hydrogen-bond donors (Lipinski definition) is 4. The Kier molecular flexibility index (Phi) is 9.11. The molecular weight excluding hydrogens is 514 g/mol. The van der Waals surface area contributed by atoms with Crippen molar-refractivity contribution in [2.75, 3.05) is 6.54 Å². The van der Waals surface area contributed by atoms with E-state index in [0.29, 0.717) is 30.5 Å². The van der Waals surface area contributed by atoms with Crippen molar-refractivity contribution in [3.63, 3.8) is 0 Å². The van der Waals surface area contributed by atoms with Crippen LogP contribution in [0.15, 0.2) is 84.9 Å². The van der Waals surface area contributed by atoms with Crippen LogP contribution in [0.1, 0.15) is 35.1 Å². The van der Waals surface area contributed by atoms with E-state index in [9.17, 15) is 18.0 Å². The summed E-state index contributed by atoms with van der Waals surface area (Å²) in [6.07, 6.45) is 1.31. The van der Waals surface area contributed by atoms with Crippen molar-refractivity contribution >= 4 is 27.7 Å². The second-order valence-corrected chi connectivity index (χ2v) is 11.4. The number of carbonyl (C=O) groups excluding carboxylic acids is 2. The zero-order valence-corrected chi connectivity index (χ0v) is 22.4. The van der Waals surface area contributed by atoms with E-state index in [2.05, 4.69) is 10.0 Å². The first-order valence-electron chi connectivity index (χ1n) is 12.8. The van der Waals surface area contributed by atoms with Gasteiger partial charge in [0.1, 0.15) is 17.9 Å². The van der Waals surface area contributed by atoms with Crippen LogP contribution in [0.4, 0.5) is 0 Å². The Bertz CT molecular complexity index is 1400. The van der Waals surface area contributed by atoms with Crippen LogP contribution in [0, 0.1) is 5.41 Å². The topological polar surface area (TPSA) is 145 Å². The van der Waals surface area contributed by atoms with Gasteiger partial charge in [0.2, 0.25) is 21.8 Å². The first kappa shape index (κ1) is 28.0. The summed E-state index contributed by atoms with van der Waals surface area (Å²) in [4.78, 5) is 28.4. The van der Waals surface area contributed by atoms with Gasteiger partial charge in [0, 0.05) is 18.7 Å². The number of benzene rings is 3. The average molecular weight is 548 g/mol. The lowest BCUT2D eigenvalue weighted by atomic mass is 10.0. The number of hydrogen-bond acceptors (Lipinski definition) is 5. The second kappa shape index (κ2) is 12.7. The van der Waals surface area contributed by atoms with Gasteiger partial charge in [0.05, 0.1) is 5.75 Å². The molecule has 1 aliphatic heterocycles. The van der Waals surface area contributed by atoms with Crippen molar-refractivity contribution in [2.45, 2.75) is 43.6 Å². The Morgan fingerprint density at radius 2 is 1.54 bits per heavy atom. The number of amides is 2. The Hall–Kier alpha value is -4.02. The monoisotopic (exact) mass is 547 g/mol. The average Bonchev–Trinajstić information content (AvgIpc) is 3.42. The van der Waals surface area contributed by atoms with Crippen LogP contribution < -0.4 is 15.8 Å². The standard InChI is InChI=1S/C29H33N5O4S/c30-27(31)24-15-13-22(14-16-24)19-32-28(35)26-12-7-17-34(26)29(36)25(18-21-8-3-1-4-9-21)33-39(37,38)20-23-10-5-2-6-11-23/h1-6,8-11,13-16,25-26,33H,7,12,17-20H2,(H3,30,31)(H,32,35)/t25-,26+/m1/s1. The predicted molar refractivity (Wildman–Crippen MR) is 150 cm³/mol. The van der Waals surface area contributed by atoms with Crippen LogP contribution in [-0.2, 0) is 38.3 Å². The van der Waals surface area contributed by atoms with E-state index in [0.717, 1.165) is 11.1 Å². The molecule has 0 aromatic heterocycles. The van der Waals surface area contributed by atoms with Gasteiger partial charge in [-0.1, -0.05) is 84.9 Å². The summed E-state index contributed by atoms with van der Waals surface area (Å²) in [5, 5.41) is 10.4. The molecule has 1 fully saturated rings. The zero-order chi connectivity index (χ0) is 27.8. The highest BCUT2D eigenvalue weighted by Gasteiger charge is 2.38. The van der Waals surface area contributed by atoms with E-state index in [1.807, 2.05) is 36.4 Å². The highest BCUT2D eigenvalue weighted by atomic mass is 32.2. The van der Waals surface area contributed by atoms with Crippen molar-refractivity contribution < 1.29 is 18.0 Å². The van der Waals surface area contributed by atoms with E-state index < -0.39 is 28.0 Å². The molecule has 5 N–H and O–H groups in total. The lowest BCUT2D eigenvalue weighted by Gasteiger charge is -2.29. The third-order valence-corrected chi connectivity index (χ3v) is 8.03. The van der Waals surface area contributed by atoms with Crippen molar-refractivity contribution in [2.24, 2.45) is 5.73 Å². The highest BCUT2D eigenvalue weighted by molar-refractivity contribution is 7.88. The van der Waals surface area contributed by atoms with E-state index in [1.165, 1.54) is 4.90 Å². The van der Waals surface area contributed by atoms with Crippen LogP contribution in [0.2, 0.25) is 0 Å². The summed E-state index contributed by atoms with van der Waals surface area (Å²) < 4.78 is 28.8. The Morgan fingerprint density at radius 3 is 2.15 bits per heavy atom. The summed E-state index contributed by atoms with van der Waals surface area (Å²) in [5.41, 5.74) is 8.35. The smallest absolute Gasteiger partial charge is 0.243 e. The van der Waals surface area contributed by atoms with E-state index in [1.54, 1.807) is 48.5 Å². The van der Waals surface area contributed by atoms with Gasteiger partial charge in [-0.05, 0) is 36.0 Å². The fraction of sp³-hybridized carbons (Fsp3) is 0.276. The number of nitrogens with one attached hydrogen (secondary N) is 3. The van der Waals surface area contributed by atoms with Crippen LogP contribution >= 0.6 is 0 Å². The summed E-state index contributed by atoms with van der Waals surface area (Å²) in [7, 11) is -3.84. The molecule has 0 unspecified atom stereocenters. The molecule has 10 heteroatoms. The van der Waals surface area contributed by atoms with E-state index >= 15 is 0 Å². The molecule has 9 nitrogen and oxygen atoms in total. The second-order valence-electron chi connectivity index (χ2n) is 9.62. The zero-order valence-electron chi connectivity index (χ0n) is 21.5. The van der Waals surface area contributed by atoms with Crippen molar-refractivity contribution in [1.82, 2.24) is 14.9 Å². The maximum Gasteiger partial charge on any atom is 0.243 e. The van der Waals surface area contributed by atoms with Crippen LogP contribution in [0.3, 0.4) is 0 Å². The summed E-state index contributed by atoms with van der Waals surface area (Å²) in [5.74, 6) is -0.991. The van der Waals surface area contributed by atoms with Gasteiger partial charge in [0.25, 0.3) is 0 Å². The van der Waals surface area contributed by atoms with Gasteiger partial charge in [-0.15, -0.1) is 0 Å². The first-order valence-corrected chi connectivity index (χ1v) is 14.5. The number of carbonyl (C=O) groups is 2. The van der Waals surface area contributed by atoms with Crippen molar-refractivity contribution in [3.8, 4) is 0 Å². The van der Waals surface area contributed by atoms with Crippen LogP contribution in [0.25, 0.3) is 0 Å². The van der Waals surface area contributed by atoms with Gasteiger partial charge in [-0.2, -0.15) is 0 Å². The summed E-state index contributed by atoms with van der Waals surface area (Å²) in [6.45, 7) is 0.628. The number of nitrogens with two attached hydrogens (primary N) is 1. The van der Waals surface area contributed by atoms with E-state index in [4.69, 9.17) is 11.1 Å². The van der Waals surface area contributed by atoms with Crippen LogP contribution in [-0.4, -0.2) is 49.6 Å². The normalized spacial score (nSPS) is 16.0. The highest BCUT2D eigenvalue weighted by Crippen LogP contribution is 2.21. The molecular formula is C29H33N5O4S. The number of rotatable bonds is 11. The molecule has 3 aromatic rings. The molecule has 39 heavy (non-hydrogen) atoms. The minimum absolute atomic E-state index is 0.0323. The Balaban J connectivity index is 1.47. The fourth-order valence-corrected chi connectivity index (χ4v) is 6.03.